The number of fused-ring (bicyclic) bond motifs is 1. The second-order valence-electron chi connectivity index (χ2n) is 4.00. The lowest BCUT2D eigenvalue weighted by atomic mass is 10.2. The van der Waals surface area contributed by atoms with Crippen molar-refractivity contribution >= 4 is 39.3 Å². The van der Waals surface area contributed by atoms with E-state index in [1.165, 1.54) is 16.9 Å². The molecule has 0 aliphatic heterocycles. The van der Waals surface area contributed by atoms with Crippen LogP contribution in [0.3, 0.4) is 0 Å². The van der Waals surface area contributed by atoms with Crippen LogP contribution in [-0.4, -0.2) is 22.1 Å². The highest BCUT2D eigenvalue weighted by molar-refractivity contribution is 7.98. The van der Waals surface area contributed by atoms with Gasteiger partial charge in [0.25, 0.3) is 5.19 Å². The number of rotatable bonds is 4. The number of nitrogens with zero attached hydrogens (tertiary/aromatic N) is 3. The number of ether oxygens (including phenoxy) is 1. The Labute approximate surface area is 124 Å². The zero-order chi connectivity index (χ0) is 13.9. The monoisotopic (exact) mass is 304 g/mol. The average Bonchev–Trinajstić information content (AvgIpc) is 2.90. The van der Waals surface area contributed by atoms with E-state index < -0.39 is 0 Å². The van der Waals surface area contributed by atoms with E-state index in [0.717, 1.165) is 10.5 Å². The number of hydrogen-bond donors (Lipinski definition) is 1. The maximum atomic E-state index is 5.94. The smallest absolute Gasteiger partial charge is 0.275 e. The number of hydrogen-bond acceptors (Lipinski definition) is 7. The quantitative estimate of drug-likeness (QED) is 0.590. The maximum absolute atomic E-state index is 5.94. The number of thioether (sulfide) groups is 1. The van der Waals surface area contributed by atoms with E-state index in [0.29, 0.717) is 21.8 Å². The predicted molar refractivity (Wildman–Crippen MR) is 82.2 cm³/mol. The minimum atomic E-state index is 0.450. The van der Waals surface area contributed by atoms with Crippen molar-refractivity contribution in [2.75, 3.05) is 12.8 Å². The number of methoxy groups -OCH3 is 1. The average molecular weight is 304 g/mol. The third kappa shape index (κ3) is 2.68. The largest absolute Gasteiger partial charge is 0.473 e. The Bertz CT molecular complexity index is 730. The molecule has 0 aliphatic carbocycles. The summed E-state index contributed by atoms with van der Waals surface area (Å²) in [6, 6.07) is 10.2. The minimum Gasteiger partial charge on any atom is -0.473 e. The fourth-order valence-electron chi connectivity index (χ4n) is 1.68. The zero-order valence-corrected chi connectivity index (χ0v) is 12.4. The summed E-state index contributed by atoms with van der Waals surface area (Å²) in [7, 11) is 1.58. The molecule has 1 aromatic carbocycles. The van der Waals surface area contributed by atoms with Gasteiger partial charge in [-0.1, -0.05) is 53.4 Å². The van der Waals surface area contributed by atoms with E-state index in [1.54, 1.807) is 18.9 Å². The molecular weight excluding hydrogens is 292 g/mol. The SMILES string of the molecule is COc1nc2nc(SCc3ccccc3)nc(N)c2s1. The first-order valence-corrected chi connectivity index (χ1v) is 7.71. The van der Waals surface area contributed by atoms with Crippen molar-refractivity contribution in [3.05, 3.63) is 35.9 Å². The van der Waals surface area contributed by atoms with Crippen LogP contribution in [-0.2, 0) is 5.75 Å². The van der Waals surface area contributed by atoms with Gasteiger partial charge in [-0.3, -0.25) is 0 Å². The van der Waals surface area contributed by atoms with Crippen LogP contribution in [0, 0.1) is 0 Å². The zero-order valence-electron chi connectivity index (χ0n) is 10.7. The summed E-state index contributed by atoms with van der Waals surface area (Å²) in [6.07, 6.45) is 0. The van der Waals surface area contributed by atoms with Crippen molar-refractivity contribution in [3.8, 4) is 5.19 Å². The molecule has 2 heterocycles. The normalized spacial score (nSPS) is 10.8. The Hall–Kier alpha value is -1.86. The molecule has 3 rings (SSSR count). The highest BCUT2D eigenvalue weighted by atomic mass is 32.2. The second kappa shape index (κ2) is 5.64. The van der Waals surface area contributed by atoms with Gasteiger partial charge >= 0.3 is 0 Å². The van der Waals surface area contributed by atoms with Crippen LogP contribution in [0.25, 0.3) is 10.3 Å². The van der Waals surface area contributed by atoms with Gasteiger partial charge in [0.05, 0.1) is 7.11 Å². The van der Waals surface area contributed by atoms with Gasteiger partial charge in [0.15, 0.2) is 10.8 Å². The van der Waals surface area contributed by atoms with Crippen LogP contribution in [0.1, 0.15) is 5.56 Å². The van der Waals surface area contributed by atoms with Gasteiger partial charge in [-0.2, -0.15) is 4.98 Å². The first-order valence-electron chi connectivity index (χ1n) is 5.91. The molecule has 0 amide bonds. The van der Waals surface area contributed by atoms with Crippen LogP contribution in [0.5, 0.6) is 5.19 Å². The summed E-state index contributed by atoms with van der Waals surface area (Å²) in [6.45, 7) is 0. The molecule has 0 radical (unpaired) electrons. The summed E-state index contributed by atoms with van der Waals surface area (Å²) >= 11 is 2.90. The standard InChI is InChI=1S/C13H12N4OS2/c1-18-13-17-11-9(20-13)10(14)15-12(16-11)19-7-8-5-3-2-4-6-8/h2-6H,7H2,1H3,(H2,14,15,16). The third-order valence-electron chi connectivity index (χ3n) is 2.63. The second-order valence-corrected chi connectivity index (χ2v) is 5.91. The third-order valence-corrected chi connectivity index (χ3v) is 4.57. The van der Waals surface area contributed by atoms with Crippen molar-refractivity contribution < 1.29 is 4.74 Å². The lowest BCUT2D eigenvalue weighted by Gasteiger charge is -2.01. The Morgan fingerprint density at radius 2 is 2.00 bits per heavy atom. The molecule has 7 heteroatoms. The molecular formula is C13H12N4OS2. The molecule has 2 N–H and O–H groups in total. The van der Waals surface area contributed by atoms with Crippen LogP contribution in [0.2, 0.25) is 0 Å². The fraction of sp³-hybridized carbons (Fsp3) is 0.154. The molecule has 0 saturated heterocycles. The van der Waals surface area contributed by atoms with Crippen LogP contribution in [0.15, 0.2) is 35.5 Å². The molecule has 0 fully saturated rings. The first-order chi connectivity index (χ1) is 9.76. The number of nitrogens with two attached hydrogens (primary N) is 1. The number of nitrogen functional groups attached to an aromatic ring is 1. The van der Waals surface area contributed by atoms with Gasteiger partial charge in [-0.05, 0) is 5.56 Å². The molecule has 20 heavy (non-hydrogen) atoms. The lowest BCUT2D eigenvalue weighted by Crippen LogP contribution is -1.95. The van der Waals surface area contributed by atoms with Crippen molar-refractivity contribution in [2.45, 2.75) is 10.9 Å². The number of anilines is 1. The Kier molecular flexibility index (Phi) is 3.70. The van der Waals surface area contributed by atoms with E-state index in [2.05, 4.69) is 27.1 Å². The Morgan fingerprint density at radius 1 is 1.20 bits per heavy atom. The highest BCUT2D eigenvalue weighted by Gasteiger charge is 2.12. The molecule has 2 aromatic heterocycles. The maximum Gasteiger partial charge on any atom is 0.275 e. The van der Waals surface area contributed by atoms with E-state index in [-0.39, 0.29) is 0 Å². The van der Waals surface area contributed by atoms with Gasteiger partial charge < -0.3 is 10.5 Å². The summed E-state index contributed by atoms with van der Waals surface area (Å²) in [4.78, 5) is 13.0. The molecule has 0 atom stereocenters. The summed E-state index contributed by atoms with van der Waals surface area (Å²) in [5.74, 6) is 1.25. The number of aromatic nitrogens is 3. The van der Waals surface area contributed by atoms with Gasteiger partial charge in [0.1, 0.15) is 10.5 Å². The lowest BCUT2D eigenvalue weighted by molar-refractivity contribution is 0.412. The van der Waals surface area contributed by atoms with Crippen molar-refractivity contribution in [1.82, 2.24) is 15.0 Å². The first kappa shape index (κ1) is 13.1. The van der Waals surface area contributed by atoms with Crippen LogP contribution in [0.4, 0.5) is 5.82 Å². The Morgan fingerprint density at radius 3 is 2.75 bits per heavy atom. The van der Waals surface area contributed by atoms with E-state index >= 15 is 0 Å². The summed E-state index contributed by atoms with van der Waals surface area (Å²) in [5, 5.41) is 1.18. The molecule has 0 saturated carbocycles. The molecule has 5 nitrogen and oxygen atoms in total. The fourth-order valence-corrected chi connectivity index (χ4v) is 3.20. The number of benzene rings is 1. The highest BCUT2D eigenvalue weighted by Crippen LogP contribution is 2.31. The van der Waals surface area contributed by atoms with E-state index in [9.17, 15) is 0 Å². The summed E-state index contributed by atoms with van der Waals surface area (Å²) < 4.78 is 5.87. The van der Waals surface area contributed by atoms with Crippen LogP contribution < -0.4 is 10.5 Å². The molecule has 102 valence electrons. The van der Waals surface area contributed by atoms with E-state index in [1.807, 2.05) is 18.2 Å². The molecule has 0 spiro atoms. The topological polar surface area (TPSA) is 73.9 Å². The molecule has 0 bridgehead atoms. The van der Waals surface area contributed by atoms with Gasteiger partial charge in [-0.15, -0.1) is 0 Å². The molecule has 3 aromatic rings. The van der Waals surface area contributed by atoms with Crippen molar-refractivity contribution in [1.29, 1.82) is 0 Å². The molecule has 0 unspecified atom stereocenters. The van der Waals surface area contributed by atoms with Crippen molar-refractivity contribution in [3.63, 3.8) is 0 Å². The van der Waals surface area contributed by atoms with Crippen LogP contribution >= 0.6 is 23.1 Å². The molecule has 0 aliphatic rings. The number of thiazole rings is 1. The predicted octanol–water partition coefficient (Wildman–Crippen LogP) is 2.97. The van der Waals surface area contributed by atoms with Crippen molar-refractivity contribution in [2.24, 2.45) is 0 Å². The van der Waals surface area contributed by atoms with Gasteiger partial charge in [0.2, 0.25) is 0 Å². The Balaban J connectivity index is 1.85. The summed E-state index contributed by atoms with van der Waals surface area (Å²) in [5.41, 5.74) is 7.76. The van der Waals surface area contributed by atoms with E-state index in [4.69, 9.17) is 10.5 Å². The minimum absolute atomic E-state index is 0.450. The van der Waals surface area contributed by atoms with Gasteiger partial charge in [-0.25, -0.2) is 9.97 Å². The van der Waals surface area contributed by atoms with Gasteiger partial charge in [0, 0.05) is 5.75 Å².